The number of carbonyl (C=O) groups is 1. The summed E-state index contributed by atoms with van der Waals surface area (Å²) in [5, 5.41) is 6.85. The SMILES string of the molecule is CCN(CC)c1ccc(CN2C[C@@H](NCc3ccc(SC)cc3)C[C@H]2C(=O)NCc2cccnc2)cc1. The van der Waals surface area contributed by atoms with Crippen molar-refractivity contribution in [1.82, 2.24) is 20.5 Å². The number of hydrogen-bond donors (Lipinski definition) is 2. The summed E-state index contributed by atoms with van der Waals surface area (Å²) in [6, 6.07) is 21.5. The summed E-state index contributed by atoms with van der Waals surface area (Å²) in [5.74, 6) is 0.0808. The summed E-state index contributed by atoms with van der Waals surface area (Å²) >= 11 is 1.76. The van der Waals surface area contributed by atoms with Gasteiger partial charge in [-0.2, -0.15) is 0 Å². The number of aromatic nitrogens is 1. The first-order valence-electron chi connectivity index (χ1n) is 13.2. The molecule has 0 saturated carbocycles. The van der Waals surface area contributed by atoms with E-state index in [-0.39, 0.29) is 18.0 Å². The van der Waals surface area contributed by atoms with E-state index in [2.05, 4.69) is 94.1 Å². The average molecular weight is 518 g/mol. The van der Waals surface area contributed by atoms with Crippen molar-refractivity contribution >= 4 is 23.4 Å². The summed E-state index contributed by atoms with van der Waals surface area (Å²) in [7, 11) is 0. The van der Waals surface area contributed by atoms with Crippen molar-refractivity contribution < 1.29 is 4.79 Å². The molecule has 4 rings (SSSR count). The molecule has 2 atom stereocenters. The highest BCUT2D eigenvalue weighted by Crippen LogP contribution is 2.23. The van der Waals surface area contributed by atoms with Crippen LogP contribution >= 0.6 is 11.8 Å². The Morgan fingerprint density at radius 1 is 1.00 bits per heavy atom. The van der Waals surface area contributed by atoms with Crippen molar-refractivity contribution in [3.05, 3.63) is 89.7 Å². The molecule has 7 heteroatoms. The van der Waals surface area contributed by atoms with Gasteiger partial charge < -0.3 is 15.5 Å². The maximum Gasteiger partial charge on any atom is 0.237 e. The number of anilines is 1. The number of thioether (sulfide) groups is 1. The lowest BCUT2D eigenvalue weighted by Gasteiger charge is -2.25. The quantitative estimate of drug-likeness (QED) is 0.340. The fourth-order valence-corrected chi connectivity index (χ4v) is 5.36. The second-order valence-electron chi connectivity index (χ2n) is 9.52. The number of nitrogens with zero attached hydrogens (tertiary/aromatic N) is 3. The first kappa shape index (κ1) is 27.2. The monoisotopic (exact) mass is 517 g/mol. The average Bonchev–Trinajstić information content (AvgIpc) is 3.35. The molecule has 0 spiro atoms. The highest BCUT2D eigenvalue weighted by atomic mass is 32.2. The Hall–Kier alpha value is -2.87. The molecule has 37 heavy (non-hydrogen) atoms. The molecule has 1 fully saturated rings. The van der Waals surface area contributed by atoms with Crippen molar-refractivity contribution in [2.45, 2.75) is 56.9 Å². The highest BCUT2D eigenvalue weighted by molar-refractivity contribution is 7.98. The molecule has 196 valence electrons. The van der Waals surface area contributed by atoms with Crippen LogP contribution in [0.1, 0.15) is 37.0 Å². The fraction of sp³-hybridized carbons (Fsp3) is 0.400. The highest BCUT2D eigenvalue weighted by Gasteiger charge is 2.36. The van der Waals surface area contributed by atoms with Crippen LogP contribution in [0, 0.1) is 0 Å². The van der Waals surface area contributed by atoms with Crippen LogP contribution in [0.4, 0.5) is 5.69 Å². The van der Waals surface area contributed by atoms with E-state index in [1.807, 2.05) is 12.1 Å². The van der Waals surface area contributed by atoms with Gasteiger partial charge in [0.25, 0.3) is 0 Å². The van der Waals surface area contributed by atoms with Crippen LogP contribution in [0.5, 0.6) is 0 Å². The lowest BCUT2D eigenvalue weighted by atomic mass is 10.1. The van der Waals surface area contributed by atoms with Gasteiger partial charge in [-0.15, -0.1) is 11.8 Å². The van der Waals surface area contributed by atoms with E-state index in [9.17, 15) is 4.79 Å². The number of rotatable bonds is 12. The van der Waals surface area contributed by atoms with Crippen molar-refractivity contribution in [3.63, 3.8) is 0 Å². The predicted octanol–water partition coefficient (Wildman–Crippen LogP) is 4.70. The van der Waals surface area contributed by atoms with Gasteiger partial charge >= 0.3 is 0 Å². The Balaban J connectivity index is 1.42. The largest absolute Gasteiger partial charge is 0.372 e. The van der Waals surface area contributed by atoms with Gasteiger partial charge in [0.15, 0.2) is 0 Å². The third-order valence-electron chi connectivity index (χ3n) is 7.10. The molecule has 1 aliphatic rings. The van der Waals surface area contributed by atoms with E-state index < -0.39 is 0 Å². The van der Waals surface area contributed by atoms with Gasteiger partial charge in [0.1, 0.15) is 0 Å². The molecule has 1 aliphatic heterocycles. The van der Waals surface area contributed by atoms with Crippen LogP contribution in [0.2, 0.25) is 0 Å². The van der Waals surface area contributed by atoms with Gasteiger partial charge in [-0.25, -0.2) is 0 Å². The van der Waals surface area contributed by atoms with Gasteiger partial charge in [0, 0.05) is 68.3 Å². The van der Waals surface area contributed by atoms with Gasteiger partial charge in [0.05, 0.1) is 6.04 Å². The molecular formula is C30H39N5OS. The molecule has 2 heterocycles. The van der Waals surface area contributed by atoms with E-state index in [1.54, 1.807) is 24.2 Å². The van der Waals surface area contributed by atoms with Crippen LogP contribution in [0.25, 0.3) is 0 Å². The molecule has 2 aromatic carbocycles. The Labute approximate surface area is 225 Å². The minimum absolute atomic E-state index is 0.0808. The third kappa shape index (κ3) is 7.57. The zero-order valence-corrected chi connectivity index (χ0v) is 23.0. The number of amides is 1. The van der Waals surface area contributed by atoms with E-state index >= 15 is 0 Å². The number of pyridine rings is 1. The molecular weight excluding hydrogens is 478 g/mol. The van der Waals surface area contributed by atoms with Gasteiger partial charge in [-0.1, -0.05) is 30.3 Å². The van der Waals surface area contributed by atoms with Crippen molar-refractivity contribution in [2.75, 3.05) is 30.8 Å². The normalized spacial score (nSPS) is 17.6. The van der Waals surface area contributed by atoms with Crippen molar-refractivity contribution in [3.8, 4) is 0 Å². The lowest BCUT2D eigenvalue weighted by Crippen LogP contribution is -2.42. The molecule has 3 aromatic rings. The smallest absolute Gasteiger partial charge is 0.237 e. The summed E-state index contributed by atoms with van der Waals surface area (Å²) in [5.41, 5.74) is 4.75. The van der Waals surface area contributed by atoms with Crippen LogP contribution in [-0.4, -0.2) is 53.8 Å². The second kappa shape index (κ2) is 13.6. The Bertz CT molecular complexity index is 1100. The van der Waals surface area contributed by atoms with Crippen LogP contribution in [0.15, 0.2) is 78.0 Å². The molecule has 1 amide bonds. The topological polar surface area (TPSA) is 60.5 Å². The zero-order chi connectivity index (χ0) is 26.0. The molecule has 0 radical (unpaired) electrons. The number of benzene rings is 2. The van der Waals surface area contributed by atoms with Crippen molar-refractivity contribution in [2.24, 2.45) is 0 Å². The maximum atomic E-state index is 13.3. The van der Waals surface area contributed by atoms with Crippen LogP contribution in [-0.2, 0) is 24.4 Å². The van der Waals surface area contributed by atoms with E-state index in [0.29, 0.717) is 6.54 Å². The first-order chi connectivity index (χ1) is 18.1. The summed E-state index contributed by atoms with van der Waals surface area (Å²) in [4.78, 5) is 23.4. The third-order valence-corrected chi connectivity index (χ3v) is 7.84. The number of likely N-dealkylation sites (tertiary alicyclic amines) is 1. The maximum absolute atomic E-state index is 13.3. The first-order valence-corrected chi connectivity index (χ1v) is 14.4. The van der Waals surface area contributed by atoms with E-state index in [1.165, 1.54) is 21.7 Å². The predicted molar refractivity (Wildman–Crippen MR) is 154 cm³/mol. The fourth-order valence-electron chi connectivity index (χ4n) is 4.95. The summed E-state index contributed by atoms with van der Waals surface area (Å²) in [6.45, 7) is 9.24. The number of nitrogens with one attached hydrogen (secondary N) is 2. The molecule has 0 unspecified atom stereocenters. The van der Waals surface area contributed by atoms with Gasteiger partial charge in [-0.05, 0) is 73.5 Å². The Morgan fingerprint density at radius 3 is 2.38 bits per heavy atom. The Morgan fingerprint density at radius 2 is 1.73 bits per heavy atom. The van der Waals surface area contributed by atoms with Crippen LogP contribution < -0.4 is 15.5 Å². The molecule has 6 nitrogen and oxygen atoms in total. The summed E-state index contributed by atoms with van der Waals surface area (Å²) in [6.07, 6.45) is 6.44. The van der Waals surface area contributed by atoms with Crippen molar-refractivity contribution in [1.29, 1.82) is 0 Å². The van der Waals surface area contributed by atoms with E-state index in [4.69, 9.17) is 0 Å². The molecule has 0 aliphatic carbocycles. The molecule has 2 N–H and O–H groups in total. The number of hydrogen-bond acceptors (Lipinski definition) is 6. The lowest BCUT2D eigenvalue weighted by molar-refractivity contribution is -0.125. The van der Waals surface area contributed by atoms with Gasteiger partial charge in [0.2, 0.25) is 5.91 Å². The Kier molecular flexibility index (Phi) is 9.99. The standard InChI is InChI=1S/C30H39N5OS/c1-4-34(5-2)27-12-8-24(9-13-27)21-35-22-26(32-19-23-10-14-28(37-3)15-11-23)17-29(35)30(36)33-20-25-7-6-16-31-18-25/h6-16,18,26,29,32H,4-5,17,19-22H2,1-3H3,(H,33,36)/t26-,29-/m0/s1. The zero-order valence-electron chi connectivity index (χ0n) is 22.2. The molecule has 0 bridgehead atoms. The minimum atomic E-state index is -0.171. The summed E-state index contributed by atoms with van der Waals surface area (Å²) < 4.78 is 0. The molecule has 1 saturated heterocycles. The second-order valence-corrected chi connectivity index (χ2v) is 10.4. The number of carbonyl (C=O) groups excluding carboxylic acids is 1. The van der Waals surface area contributed by atoms with E-state index in [0.717, 1.165) is 44.7 Å². The van der Waals surface area contributed by atoms with Gasteiger partial charge in [-0.3, -0.25) is 14.7 Å². The minimum Gasteiger partial charge on any atom is -0.372 e. The molecule has 1 aromatic heterocycles. The van der Waals surface area contributed by atoms with Crippen LogP contribution in [0.3, 0.4) is 0 Å².